The van der Waals surface area contributed by atoms with Gasteiger partial charge in [-0.1, -0.05) is 30.3 Å². The fourth-order valence-electron chi connectivity index (χ4n) is 1.77. The standard InChI is InChI=1S/C14H16N2O2/c1-18-13(12-5-3-2-4-6-12)14(17)16-10-11-7-8-15-9-11/h2-9,13,15H,10H2,1H3,(H,16,17). The Bertz CT molecular complexity index is 480. The van der Waals surface area contributed by atoms with Gasteiger partial charge >= 0.3 is 0 Å². The maximum absolute atomic E-state index is 12.0. The number of hydrogen-bond acceptors (Lipinski definition) is 2. The van der Waals surface area contributed by atoms with Gasteiger partial charge in [0.15, 0.2) is 6.10 Å². The van der Waals surface area contributed by atoms with Crippen molar-refractivity contribution in [3.8, 4) is 0 Å². The lowest BCUT2D eigenvalue weighted by Gasteiger charge is -2.15. The molecule has 2 aromatic rings. The Labute approximate surface area is 106 Å². The van der Waals surface area contributed by atoms with E-state index >= 15 is 0 Å². The van der Waals surface area contributed by atoms with Crippen LogP contribution in [0, 0.1) is 0 Å². The smallest absolute Gasteiger partial charge is 0.254 e. The lowest BCUT2D eigenvalue weighted by atomic mass is 10.1. The molecule has 18 heavy (non-hydrogen) atoms. The summed E-state index contributed by atoms with van der Waals surface area (Å²) < 4.78 is 5.25. The molecule has 1 amide bonds. The third-order valence-electron chi connectivity index (χ3n) is 2.71. The zero-order valence-electron chi connectivity index (χ0n) is 10.2. The molecule has 0 bridgehead atoms. The van der Waals surface area contributed by atoms with Gasteiger partial charge in [0.2, 0.25) is 0 Å². The lowest BCUT2D eigenvalue weighted by Crippen LogP contribution is -2.29. The monoisotopic (exact) mass is 244 g/mol. The molecule has 0 aliphatic rings. The molecule has 2 N–H and O–H groups in total. The minimum atomic E-state index is -0.565. The van der Waals surface area contributed by atoms with E-state index in [2.05, 4.69) is 10.3 Å². The van der Waals surface area contributed by atoms with E-state index in [1.54, 1.807) is 0 Å². The third kappa shape index (κ3) is 2.99. The number of rotatable bonds is 5. The van der Waals surface area contributed by atoms with E-state index in [1.807, 2.05) is 48.8 Å². The fourth-order valence-corrected chi connectivity index (χ4v) is 1.77. The van der Waals surface area contributed by atoms with E-state index < -0.39 is 6.10 Å². The topological polar surface area (TPSA) is 54.1 Å². The second-order valence-electron chi connectivity index (χ2n) is 3.96. The number of methoxy groups -OCH3 is 1. The highest BCUT2D eigenvalue weighted by atomic mass is 16.5. The van der Waals surface area contributed by atoms with Crippen LogP contribution in [0.1, 0.15) is 17.2 Å². The lowest BCUT2D eigenvalue weighted by molar-refractivity contribution is -0.131. The van der Waals surface area contributed by atoms with Crippen LogP contribution in [-0.4, -0.2) is 18.0 Å². The van der Waals surface area contributed by atoms with Gasteiger partial charge in [-0.25, -0.2) is 0 Å². The number of amides is 1. The van der Waals surface area contributed by atoms with Gasteiger partial charge in [-0.3, -0.25) is 4.79 Å². The summed E-state index contributed by atoms with van der Waals surface area (Å²) in [6.45, 7) is 0.495. The van der Waals surface area contributed by atoms with Crippen molar-refractivity contribution >= 4 is 5.91 Å². The van der Waals surface area contributed by atoms with E-state index in [9.17, 15) is 4.79 Å². The molecule has 0 aliphatic heterocycles. The van der Waals surface area contributed by atoms with Crippen molar-refractivity contribution in [2.75, 3.05) is 7.11 Å². The van der Waals surface area contributed by atoms with Crippen LogP contribution in [0.3, 0.4) is 0 Å². The van der Waals surface area contributed by atoms with Crippen LogP contribution >= 0.6 is 0 Å². The van der Waals surface area contributed by atoms with Crippen molar-refractivity contribution in [3.63, 3.8) is 0 Å². The van der Waals surface area contributed by atoms with E-state index in [0.717, 1.165) is 11.1 Å². The first-order chi connectivity index (χ1) is 8.81. The molecule has 1 heterocycles. The number of ether oxygens (including phenoxy) is 1. The van der Waals surface area contributed by atoms with Crippen LogP contribution in [0.4, 0.5) is 0 Å². The molecule has 0 radical (unpaired) electrons. The number of hydrogen-bond donors (Lipinski definition) is 2. The van der Waals surface area contributed by atoms with Gasteiger partial charge in [0.25, 0.3) is 5.91 Å². The number of benzene rings is 1. The van der Waals surface area contributed by atoms with Crippen molar-refractivity contribution in [1.29, 1.82) is 0 Å². The van der Waals surface area contributed by atoms with Gasteiger partial charge in [-0.05, 0) is 17.2 Å². The molecule has 1 aromatic heterocycles. The summed E-state index contributed by atoms with van der Waals surface area (Å²) in [5.74, 6) is -0.134. The molecule has 0 saturated carbocycles. The van der Waals surface area contributed by atoms with Gasteiger partial charge < -0.3 is 15.0 Å². The van der Waals surface area contributed by atoms with Crippen molar-refractivity contribution in [1.82, 2.24) is 10.3 Å². The average molecular weight is 244 g/mol. The molecule has 0 fully saturated rings. The molecule has 1 aromatic carbocycles. The number of nitrogens with one attached hydrogen (secondary N) is 2. The van der Waals surface area contributed by atoms with E-state index in [4.69, 9.17) is 4.74 Å². The first-order valence-corrected chi connectivity index (χ1v) is 5.78. The number of aromatic amines is 1. The maximum atomic E-state index is 12.0. The second kappa shape index (κ2) is 6.02. The van der Waals surface area contributed by atoms with Crippen LogP contribution in [0.5, 0.6) is 0 Å². The van der Waals surface area contributed by atoms with Crippen LogP contribution < -0.4 is 5.32 Å². The molecule has 4 nitrogen and oxygen atoms in total. The highest BCUT2D eigenvalue weighted by molar-refractivity contribution is 5.82. The predicted molar refractivity (Wildman–Crippen MR) is 68.8 cm³/mol. The predicted octanol–water partition coefficient (Wildman–Crippen LogP) is 2.02. The van der Waals surface area contributed by atoms with Gasteiger partial charge in [0.05, 0.1) is 0 Å². The summed E-state index contributed by atoms with van der Waals surface area (Å²) >= 11 is 0. The first kappa shape index (κ1) is 12.4. The van der Waals surface area contributed by atoms with E-state index in [1.165, 1.54) is 7.11 Å². The van der Waals surface area contributed by atoms with Gasteiger partial charge in [-0.2, -0.15) is 0 Å². The molecular formula is C14H16N2O2. The Kier molecular flexibility index (Phi) is 4.15. The van der Waals surface area contributed by atoms with Crippen LogP contribution in [0.15, 0.2) is 48.8 Å². The molecule has 0 saturated heterocycles. The molecule has 1 atom stereocenters. The number of carbonyl (C=O) groups is 1. The molecule has 0 aliphatic carbocycles. The summed E-state index contributed by atoms with van der Waals surface area (Å²) in [7, 11) is 1.54. The summed E-state index contributed by atoms with van der Waals surface area (Å²) in [4.78, 5) is 15.0. The Morgan fingerprint density at radius 2 is 2.11 bits per heavy atom. The minimum absolute atomic E-state index is 0.134. The van der Waals surface area contributed by atoms with Crippen LogP contribution in [-0.2, 0) is 16.1 Å². The van der Waals surface area contributed by atoms with E-state index in [-0.39, 0.29) is 5.91 Å². The maximum Gasteiger partial charge on any atom is 0.254 e. The molecule has 1 unspecified atom stereocenters. The highest BCUT2D eigenvalue weighted by Crippen LogP contribution is 2.16. The Hall–Kier alpha value is -2.07. The quantitative estimate of drug-likeness (QED) is 0.845. The number of carbonyl (C=O) groups excluding carboxylic acids is 1. The molecular weight excluding hydrogens is 228 g/mol. The molecule has 4 heteroatoms. The summed E-state index contributed by atoms with van der Waals surface area (Å²) in [5.41, 5.74) is 1.89. The zero-order chi connectivity index (χ0) is 12.8. The van der Waals surface area contributed by atoms with Crippen molar-refractivity contribution in [2.24, 2.45) is 0 Å². The molecule has 0 spiro atoms. The van der Waals surface area contributed by atoms with Gasteiger partial charge in [0, 0.05) is 26.0 Å². The Morgan fingerprint density at radius 1 is 1.33 bits per heavy atom. The van der Waals surface area contributed by atoms with Gasteiger partial charge in [0.1, 0.15) is 0 Å². The molecule has 94 valence electrons. The van der Waals surface area contributed by atoms with Gasteiger partial charge in [-0.15, -0.1) is 0 Å². The molecule has 2 rings (SSSR count). The largest absolute Gasteiger partial charge is 0.367 e. The fraction of sp³-hybridized carbons (Fsp3) is 0.214. The average Bonchev–Trinajstić information content (AvgIpc) is 2.92. The minimum Gasteiger partial charge on any atom is -0.367 e. The Balaban J connectivity index is 1.98. The van der Waals surface area contributed by atoms with Crippen molar-refractivity contribution in [3.05, 3.63) is 59.9 Å². The van der Waals surface area contributed by atoms with Crippen LogP contribution in [0.2, 0.25) is 0 Å². The van der Waals surface area contributed by atoms with Crippen molar-refractivity contribution in [2.45, 2.75) is 12.6 Å². The number of H-pyrrole nitrogens is 1. The highest BCUT2D eigenvalue weighted by Gasteiger charge is 2.19. The Morgan fingerprint density at radius 3 is 2.72 bits per heavy atom. The normalized spacial score (nSPS) is 12.1. The first-order valence-electron chi connectivity index (χ1n) is 5.78. The third-order valence-corrected chi connectivity index (χ3v) is 2.71. The summed E-state index contributed by atoms with van der Waals surface area (Å²) in [5, 5.41) is 2.85. The SMILES string of the molecule is COC(C(=O)NCc1cc[nH]c1)c1ccccc1. The van der Waals surface area contributed by atoms with Crippen molar-refractivity contribution < 1.29 is 9.53 Å². The second-order valence-corrected chi connectivity index (χ2v) is 3.96. The summed E-state index contributed by atoms with van der Waals surface area (Å²) in [6, 6.07) is 11.4. The number of aromatic nitrogens is 1. The zero-order valence-corrected chi connectivity index (χ0v) is 10.2. The summed E-state index contributed by atoms with van der Waals surface area (Å²) in [6.07, 6.45) is 3.11. The van der Waals surface area contributed by atoms with Crippen LogP contribution in [0.25, 0.3) is 0 Å². The van der Waals surface area contributed by atoms with E-state index in [0.29, 0.717) is 6.54 Å².